The van der Waals surface area contributed by atoms with Crippen LogP contribution in [0.4, 0.5) is 5.69 Å². The first kappa shape index (κ1) is 20.4. The van der Waals surface area contributed by atoms with Gasteiger partial charge in [0.05, 0.1) is 12.1 Å². The minimum atomic E-state index is -0.456. The summed E-state index contributed by atoms with van der Waals surface area (Å²) in [5.74, 6) is -0.133. The van der Waals surface area contributed by atoms with Crippen LogP contribution in [0.2, 0.25) is 0 Å². The summed E-state index contributed by atoms with van der Waals surface area (Å²) in [6, 6.07) is 13.1. The van der Waals surface area contributed by atoms with E-state index in [9.17, 15) is 14.4 Å². The Balaban J connectivity index is 1.57. The number of nitrogens with one attached hydrogen (secondary N) is 1. The van der Waals surface area contributed by atoms with Crippen LogP contribution in [0.3, 0.4) is 0 Å². The molecule has 1 aromatic carbocycles. The minimum Gasteiger partial charge on any atom is -0.324 e. The van der Waals surface area contributed by atoms with Crippen molar-refractivity contribution in [2.45, 2.75) is 26.4 Å². The van der Waals surface area contributed by atoms with Gasteiger partial charge in [0.1, 0.15) is 11.2 Å². The maximum absolute atomic E-state index is 13.2. The van der Waals surface area contributed by atoms with Gasteiger partial charge in [0.2, 0.25) is 11.7 Å². The van der Waals surface area contributed by atoms with Gasteiger partial charge in [-0.15, -0.1) is 27.8 Å². The Morgan fingerprint density at radius 3 is 2.69 bits per heavy atom. The molecule has 4 heterocycles. The van der Waals surface area contributed by atoms with Crippen molar-refractivity contribution < 1.29 is 4.79 Å². The third kappa shape index (κ3) is 3.47. The maximum atomic E-state index is 13.2. The molecule has 0 spiro atoms. The van der Waals surface area contributed by atoms with Crippen molar-refractivity contribution in [3.8, 4) is 0 Å². The van der Waals surface area contributed by atoms with Crippen LogP contribution in [-0.4, -0.2) is 24.7 Å². The molecule has 0 aliphatic carbocycles. The van der Waals surface area contributed by atoms with E-state index in [1.54, 1.807) is 11.4 Å². The zero-order valence-electron chi connectivity index (χ0n) is 17.1. The molecule has 0 radical (unpaired) electrons. The summed E-state index contributed by atoms with van der Waals surface area (Å²) < 4.78 is 4.50. The van der Waals surface area contributed by atoms with Crippen molar-refractivity contribution in [2.75, 3.05) is 5.32 Å². The summed E-state index contributed by atoms with van der Waals surface area (Å²) in [7, 11) is 0. The molecule has 5 aromatic rings. The molecule has 1 N–H and O–H groups in total. The second-order valence-corrected chi connectivity index (χ2v) is 9.19. The summed E-state index contributed by atoms with van der Waals surface area (Å²) in [5.41, 5.74) is 1.57. The zero-order valence-corrected chi connectivity index (χ0v) is 18.8. The van der Waals surface area contributed by atoms with Crippen LogP contribution in [0.25, 0.3) is 16.0 Å². The predicted molar refractivity (Wildman–Crippen MR) is 127 cm³/mol. The number of aryl methyl sites for hydroxylation is 1. The summed E-state index contributed by atoms with van der Waals surface area (Å²) in [6.45, 7) is 2.06. The van der Waals surface area contributed by atoms with E-state index in [1.165, 1.54) is 31.6 Å². The van der Waals surface area contributed by atoms with E-state index in [2.05, 4.69) is 10.4 Å². The summed E-state index contributed by atoms with van der Waals surface area (Å²) >= 11 is 2.81. The number of carbonyl (C=O) groups excluding carboxylic acids is 1. The van der Waals surface area contributed by atoms with Crippen molar-refractivity contribution in [1.82, 2.24) is 18.7 Å². The molecular weight excluding hydrogens is 446 g/mol. The fourth-order valence-corrected chi connectivity index (χ4v) is 5.23. The van der Waals surface area contributed by atoms with Gasteiger partial charge < -0.3 is 5.32 Å². The van der Waals surface area contributed by atoms with Gasteiger partial charge in [-0.1, -0.05) is 31.2 Å². The van der Waals surface area contributed by atoms with Crippen LogP contribution in [0.5, 0.6) is 0 Å². The number of hydrogen-bond donors (Lipinski definition) is 1. The summed E-state index contributed by atoms with van der Waals surface area (Å²) in [4.78, 5) is 40.0. The number of para-hydroxylation sites is 1. The van der Waals surface area contributed by atoms with Crippen molar-refractivity contribution in [1.29, 1.82) is 0 Å². The SMILES string of the molecule is CCc1ccccc1NC(=O)Cn1nc2n(Cc3cccs3)c(=O)c3sccc3n2c1=O. The van der Waals surface area contributed by atoms with Gasteiger partial charge in [-0.25, -0.2) is 13.9 Å². The molecule has 10 heteroatoms. The molecular formula is C22H19N5O3S2. The van der Waals surface area contributed by atoms with Gasteiger partial charge in [-0.2, -0.15) is 0 Å². The average molecular weight is 466 g/mol. The van der Waals surface area contributed by atoms with E-state index in [0.717, 1.165) is 21.5 Å². The van der Waals surface area contributed by atoms with Crippen molar-refractivity contribution >= 4 is 50.3 Å². The number of rotatable bonds is 6. The van der Waals surface area contributed by atoms with Crippen molar-refractivity contribution in [3.63, 3.8) is 0 Å². The highest BCUT2D eigenvalue weighted by molar-refractivity contribution is 7.17. The predicted octanol–water partition coefficient (Wildman–Crippen LogP) is 3.18. The third-order valence-electron chi connectivity index (χ3n) is 5.25. The molecule has 0 unspecified atom stereocenters. The molecule has 0 aliphatic rings. The molecule has 8 nitrogen and oxygen atoms in total. The number of hydrogen-bond acceptors (Lipinski definition) is 6. The van der Waals surface area contributed by atoms with E-state index >= 15 is 0 Å². The van der Waals surface area contributed by atoms with Crippen LogP contribution in [0.1, 0.15) is 17.4 Å². The highest BCUT2D eigenvalue weighted by Gasteiger charge is 2.20. The maximum Gasteiger partial charge on any atom is 0.352 e. The van der Waals surface area contributed by atoms with Crippen LogP contribution in [-0.2, 0) is 24.3 Å². The van der Waals surface area contributed by atoms with Crippen molar-refractivity contribution in [2.24, 2.45) is 0 Å². The number of benzene rings is 1. The Kier molecular flexibility index (Phi) is 5.24. The molecule has 0 bridgehead atoms. The fraction of sp³-hybridized carbons (Fsp3) is 0.182. The smallest absolute Gasteiger partial charge is 0.324 e. The van der Waals surface area contributed by atoms with Crippen molar-refractivity contribution in [3.05, 3.63) is 84.5 Å². The molecule has 0 atom stereocenters. The Morgan fingerprint density at radius 2 is 1.91 bits per heavy atom. The number of thiophene rings is 2. The summed E-state index contributed by atoms with van der Waals surface area (Å²) in [5, 5.41) is 11.0. The van der Waals surface area contributed by atoms with Crippen LogP contribution < -0.4 is 16.6 Å². The Bertz CT molecular complexity index is 1560. The normalized spacial score (nSPS) is 11.4. The third-order valence-corrected chi connectivity index (χ3v) is 7.00. The number of aromatic nitrogens is 4. The van der Waals surface area contributed by atoms with Gasteiger partial charge in [0, 0.05) is 10.6 Å². The second-order valence-electron chi connectivity index (χ2n) is 7.24. The first-order chi connectivity index (χ1) is 15.6. The molecule has 32 heavy (non-hydrogen) atoms. The molecule has 162 valence electrons. The van der Waals surface area contributed by atoms with Gasteiger partial charge in [-0.3, -0.25) is 14.2 Å². The van der Waals surface area contributed by atoms with Crippen LogP contribution in [0, 0.1) is 0 Å². The quantitative estimate of drug-likeness (QED) is 0.417. The number of anilines is 1. The molecule has 4 aromatic heterocycles. The summed E-state index contributed by atoms with van der Waals surface area (Å²) in [6.07, 6.45) is 0.774. The topological polar surface area (TPSA) is 90.4 Å². The molecule has 0 fully saturated rings. The Morgan fingerprint density at radius 1 is 1.06 bits per heavy atom. The molecule has 0 aliphatic heterocycles. The van der Waals surface area contributed by atoms with E-state index in [1.807, 2.05) is 48.7 Å². The second kappa shape index (κ2) is 8.21. The highest BCUT2D eigenvalue weighted by atomic mass is 32.1. The molecule has 1 amide bonds. The molecule has 0 saturated carbocycles. The lowest BCUT2D eigenvalue weighted by Crippen LogP contribution is -2.29. The Hall–Kier alpha value is -3.50. The van der Waals surface area contributed by atoms with E-state index in [4.69, 9.17) is 0 Å². The lowest BCUT2D eigenvalue weighted by atomic mass is 10.1. The van der Waals surface area contributed by atoms with E-state index in [0.29, 0.717) is 22.4 Å². The number of carbonyl (C=O) groups is 1. The fourth-order valence-electron chi connectivity index (χ4n) is 3.71. The first-order valence-electron chi connectivity index (χ1n) is 10.1. The first-order valence-corrected chi connectivity index (χ1v) is 11.8. The van der Waals surface area contributed by atoms with E-state index < -0.39 is 5.69 Å². The van der Waals surface area contributed by atoms with Crippen LogP contribution >= 0.6 is 22.7 Å². The molecule has 0 saturated heterocycles. The highest BCUT2D eigenvalue weighted by Crippen LogP contribution is 2.19. The Labute approximate surface area is 190 Å². The van der Waals surface area contributed by atoms with Gasteiger partial charge in [0.15, 0.2) is 0 Å². The van der Waals surface area contributed by atoms with Gasteiger partial charge in [-0.05, 0) is 40.9 Å². The number of amides is 1. The monoisotopic (exact) mass is 465 g/mol. The lowest BCUT2D eigenvalue weighted by molar-refractivity contribution is -0.117. The zero-order chi connectivity index (χ0) is 22.2. The molecule has 5 rings (SSSR count). The number of nitrogens with zero attached hydrogens (tertiary/aromatic N) is 4. The van der Waals surface area contributed by atoms with E-state index in [-0.39, 0.29) is 23.8 Å². The standard InChI is InChI=1S/C22H19N5O3S2/c1-2-14-6-3-4-8-16(14)23-18(28)13-26-22(30)27-17-9-11-32-19(17)20(29)25(21(27)24-26)12-15-7-5-10-31-15/h3-11H,2,12-13H2,1H3,(H,23,28). The minimum absolute atomic E-state index is 0.200. The van der Waals surface area contributed by atoms with Gasteiger partial charge in [0.25, 0.3) is 5.56 Å². The van der Waals surface area contributed by atoms with Gasteiger partial charge >= 0.3 is 5.69 Å². The van der Waals surface area contributed by atoms with Crippen LogP contribution in [0.15, 0.2) is 62.8 Å². The lowest BCUT2D eigenvalue weighted by Gasteiger charge is -2.09. The average Bonchev–Trinajstić information content (AvgIpc) is 3.53. The largest absolute Gasteiger partial charge is 0.352 e. The number of fused-ring (bicyclic) bond motifs is 3.